The molecule has 0 aromatic carbocycles. The van der Waals surface area contributed by atoms with Crippen LogP contribution in [0.3, 0.4) is 0 Å². The predicted molar refractivity (Wildman–Crippen MR) is 47.1 cm³/mol. The first-order valence-electron chi connectivity index (χ1n) is 4.05. The van der Waals surface area contributed by atoms with Crippen LogP contribution < -0.4 is 0 Å². The van der Waals surface area contributed by atoms with Crippen molar-refractivity contribution in [1.29, 1.82) is 0 Å². The molecule has 0 saturated heterocycles. The molecule has 0 saturated carbocycles. The maximum Gasteiger partial charge on any atom is 0.390 e. The van der Waals surface area contributed by atoms with Crippen LogP contribution in [0, 0.1) is 0 Å². The van der Waals surface area contributed by atoms with E-state index >= 15 is 0 Å². The first-order valence-corrected chi connectivity index (χ1v) is 4.05. The standard InChI is InChI=1S/C8H14F3N2.Y/c1-5(2)12-7(4)13-6(3)8(9,10)11;/h5-6H,1-4H3;/q-1;. The molecule has 6 heteroatoms. The van der Waals surface area contributed by atoms with Gasteiger partial charge in [-0.15, -0.1) is 0 Å². The van der Waals surface area contributed by atoms with E-state index in [2.05, 4.69) is 10.3 Å². The first-order chi connectivity index (χ1) is 5.73. The zero-order chi connectivity index (χ0) is 10.6. The van der Waals surface area contributed by atoms with E-state index in [1.54, 1.807) is 13.8 Å². The van der Waals surface area contributed by atoms with Gasteiger partial charge in [-0.1, -0.05) is 26.6 Å². The molecule has 0 bridgehead atoms. The normalized spacial score (nSPS) is 15.0. The van der Waals surface area contributed by atoms with Gasteiger partial charge in [-0.25, -0.2) is 0 Å². The van der Waals surface area contributed by atoms with Gasteiger partial charge in [0.05, 0.1) is 6.04 Å². The van der Waals surface area contributed by atoms with Crippen molar-refractivity contribution < 1.29 is 45.9 Å². The molecular formula is C8H14F3N2Y-. The minimum absolute atomic E-state index is 0. The monoisotopic (exact) mass is 284 g/mol. The summed E-state index contributed by atoms with van der Waals surface area (Å²) in [5.74, 6) is 0.194. The van der Waals surface area contributed by atoms with Crippen LogP contribution in [0.15, 0.2) is 4.99 Å². The third kappa shape index (κ3) is 7.74. The third-order valence-corrected chi connectivity index (χ3v) is 1.30. The number of nitrogens with zero attached hydrogens (tertiary/aromatic N) is 2. The molecule has 0 heterocycles. The van der Waals surface area contributed by atoms with Gasteiger partial charge in [0.1, 0.15) is 0 Å². The molecule has 0 fully saturated rings. The molecule has 0 N–H and O–H groups in total. The molecule has 2 nitrogen and oxygen atoms in total. The summed E-state index contributed by atoms with van der Waals surface area (Å²) in [6.07, 6.45) is -4.27. The van der Waals surface area contributed by atoms with Crippen LogP contribution >= 0.6 is 0 Å². The second kappa shape index (κ2) is 6.78. The van der Waals surface area contributed by atoms with E-state index < -0.39 is 12.2 Å². The van der Waals surface area contributed by atoms with Crippen molar-refractivity contribution in [3.05, 3.63) is 5.32 Å². The van der Waals surface area contributed by atoms with Gasteiger partial charge in [0, 0.05) is 32.7 Å². The summed E-state index contributed by atoms with van der Waals surface area (Å²) in [7, 11) is 0. The number of aliphatic imine (C=N–C) groups is 1. The van der Waals surface area contributed by atoms with Gasteiger partial charge in [-0.05, 0) is 13.0 Å². The second-order valence-corrected chi connectivity index (χ2v) is 3.12. The number of alkyl halides is 3. The van der Waals surface area contributed by atoms with Crippen molar-refractivity contribution in [3.8, 4) is 0 Å². The van der Waals surface area contributed by atoms with Gasteiger partial charge in [0.25, 0.3) is 0 Å². The molecule has 0 aromatic heterocycles. The van der Waals surface area contributed by atoms with Crippen molar-refractivity contribution in [1.82, 2.24) is 0 Å². The predicted octanol–water partition coefficient (Wildman–Crippen LogP) is 3.14. The Hall–Kier alpha value is 0.364. The summed E-state index contributed by atoms with van der Waals surface area (Å²) in [6.45, 7) is 6.07. The molecule has 1 radical (unpaired) electrons. The Balaban J connectivity index is 0. The van der Waals surface area contributed by atoms with Crippen molar-refractivity contribution in [2.24, 2.45) is 4.99 Å². The smallest absolute Gasteiger partial charge is 0.390 e. The molecule has 81 valence electrons. The van der Waals surface area contributed by atoms with Gasteiger partial charge in [0.2, 0.25) is 0 Å². The number of hydrogen-bond acceptors (Lipinski definition) is 1. The molecular weight excluding hydrogens is 270 g/mol. The van der Waals surface area contributed by atoms with Gasteiger partial charge in [-0.2, -0.15) is 13.2 Å². The maximum absolute atomic E-state index is 12.0. The molecule has 1 unspecified atom stereocenters. The van der Waals surface area contributed by atoms with E-state index in [0.717, 1.165) is 6.92 Å². The van der Waals surface area contributed by atoms with Gasteiger partial charge < -0.3 is 10.3 Å². The molecule has 0 amide bonds. The van der Waals surface area contributed by atoms with Crippen molar-refractivity contribution in [3.63, 3.8) is 0 Å². The molecule has 0 aromatic rings. The molecule has 0 aliphatic heterocycles. The zero-order valence-corrected chi connectivity index (χ0v) is 11.6. The largest absolute Gasteiger partial charge is 0.467 e. The SMILES string of the molecule is CC(=NC(C)C)[N-]C(C)C(F)(F)F.[Y]. The zero-order valence-electron chi connectivity index (χ0n) is 8.76. The van der Waals surface area contributed by atoms with Crippen molar-refractivity contribution >= 4 is 5.84 Å². The van der Waals surface area contributed by atoms with Crippen LogP contribution in [-0.2, 0) is 32.7 Å². The van der Waals surface area contributed by atoms with E-state index in [9.17, 15) is 13.2 Å². The van der Waals surface area contributed by atoms with Crippen LogP contribution in [-0.4, -0.2) is 24.1 Å². The Kier molecular flexibility index (Phi) is 8.12. The average Bonchev–Trinajstić information content (AvgIpc) is 1.82. The van der Waals surface area contributed by atoms with Gasteiger partial charge >= 0.3 is 6.18 Å². The Labute approximate surface area is 108 Å². The average molecular weight is 284 g/mol. The van der Waals surface area contributed by atoms with Crippen LogP contribution in [0.4, 0.5) is 13.2 Å². The van der Waals surface area contributed by atoms with E-state index in [1.807, 2.05) is 0 Å². The summed E-state index contributed by atoms with van der Waals surface area (Å²) < 4.78 is 36.0. The molecule has 0 aliphatic carbocycles. The Bertz CT molecular complexity index is 190. The minimum Gasteiger partial charge on any atom is -0.467 e. The summed E-state index contributed by atoms with van der Waals surface area (Å²) >= 11 is 0. The fourth-order valence-electron chi connectivity index (χ4n) is 0.760. The number of hydrogen-bond donors (Lipinski definition) is 0. The van der Waals surface area contributed by atoms with Crippen molar-refractivity contribution in [2.45, 2.75) is 46.0 Å². The summed E-state index contributed by atoms with van der Waals surface area (Å²) in [5.41, 5.74) is 0. The number of amidine groups is 1. The number of halogens is 3. The van der Waals surface area contributed by atoms with E-state index in [0.29, 0.717) is 0 Å². The van der Waals surface area contributed by atoms with E-state index in [-0.39, 0.29) is 44.6 Å². The molecule has 0 spiro atoms. The van der Waals surface area contributed by atoms with E-state index in [1.165, 1.54) is 6.92 Å². The molecule has 0 rings (SSSR count). The summed E-state index contributed by atoms with van der Waals surface area (Å²) in [6, 6.07) is -1.70. The van der Waals surface area contributed by atoms with Gasteiger partial charge in [-0.3, -0.25) is 0 Å². The summed E-state index contributed by atoms with van der Waals surface area (Å²) in [5, 5.41) is 3.41. The quantitative estimate of drug-likeness (QED) is 0.550. The van der Waals surface area contributed by atoms with Gasteiger partial charge in [0.15, 0.2) is 0 Å². The molecule has 1 atom stereocenters. The van der Waals surface area contributed by atoms with Crippen LogP contribution in [0.1, 0.15) is 27.7 Å². The maximum atomic E-state index is 12.0. The number of rotatable bonds is 2. The van der Waals surface area contributed by atoms with Crippen molar-refractivity contribution in [2.75, 3.05) is 0 Å². The molecule has 0 aliphatic rings. The minimum atomic E-state index is -4.27. The fraction of sp³-hybridized carbons (Fsp3) is 0.875. The summed E-state index contributed by atoms with van der Waals surface area (Å²) in [4.78, 5) is 3.88. The van der Waals surface area contributed by atoms with Crippen LogP contribution in [0.25, 0.3) is 5.32 Å². The third-order valence-electron chi connectivity index (χ3n) is 1.30. The fourth-order valence-corrected chi connectivity index (χ4v) is 0.760. The van der Waals surface area contributed by atoms with Crippen LogP contribution in [0.5, 0.6) is 0 Å². The first kappa shape index (κ1) is 16.8. The Morgan fingerprint density at radius 2 is 1.64 bits per heavy atom. The topological polar surface area (TPSA) is 26.5 Å². The van der Waals surface area contributed by atoms with Crippen LogP contribution in [0.2, 0.25) is 0 Å². The molecule has 14 heavy (non-hydrogen) atoms. The Morgan fingerprint density at radius 3 is 1.93 bits per heavy atom. The second-order valence-electron chi connectivity index (χ2n) is 3.12. The van der Waals surface area contributed by atoms with E-state index in [4.69, 9.17) is 0 Å². The Morgan fingerprint density at radius 1 is 1.21 bits per heavy atom.